The van der Waals surface area contributed by atoms with Crippen molar-refractivity contribution in [3.63, 3.8) is 0 Å². The van der Waals surface area contributed by atoms with Gasteiger partial charge in [0.2, 0.25) is 0 Å². The zero-order valence-corrected chi connectivity index (χ0v) is 7.56. The van der Waals surface area contributed by atoms with Crippen LogP contribution in [0.5, 0.6) is 0 Å². The molecule has 0 aliphatic heterocycles. The van der Waals surface area contributed by atoms with Gasteiger partial charge in [-0.15, -0.1) is 0 Å². The van der Waals surface area contributed by atoms with Gasteiger partial charge in [0.1, 0.15) is 5.65 Å². The fraction of sp³-hybridized carbons (Fsp3) is 0.111. The Balaban J connectivity index is 0.000000980. The van der Waals surface area contributed by atoms with Gasteiger partial charge in [0.15, 0.2) is 5.69 Å². The number of rotatable bonds is 1. The maximum Gasteiger partial charge on any atom is 0.356 e. The van der Waals surface area contributed by atoms with Gasteiger partial charge in [0.25, 0.3) is 0 Å². The number of aromatic nitrogens is 2. The van der Waals surface area contributed by atoms with Crippen molar-refractivity contribution in [2.24, 2.45) is 0 Å². The number of hydrogen-bond acceptors (Lipinski definition) is 2. The third-order valence-corrected chi connectivity index (χ3v) is 1.83. The average Bonchev–Trinajstić information content (AvgIpc) is 2.46. The molecule has 5 heteroatoms. The quantitative estimate of drug-likeness (QED) is 0.717. The van der Waals surface area contributed by atoms with E-state index in [2.05, 4.69) is 4.98 Å². The summed E-state index contributed by atoms with van der Waals surface area (Å²) in [6, 6.07) is 3.74. The van der Waals surface area contributed by atoms with Crippen LogP contribution < -0.4 is 0 Å². The predicted octanol–water partition coefficient (Wildman–Crippen LogP) is 0.516. The number of carboxylic acids is 1. The second-order valence-electron chi connectivity index (χ2n) is 2.90. The Labute approximate surface area is 79.9 Å². The molecule has 0 aromatic carbocycles. The van der Waals surface area contributed by atoms with Gasteiger partial charge in [-0.3, -0.25) is 0 Å². The molecule has 0 atom stereocenters. The van der Waals surface area contributed by atoms with Crippen molar-refractivity contribution in [3.05, 3.63) is 35.8 Å². The van der Waals surface area contributed by atoms with Crippen LogP contribution in [0, 0.1) is 6.92 Å². The standard InChI is InChI=1S/C9H8N2O2.H2O/c1-6-2-3-11-5-7(9(12)13)10-8(11)4-6;/h2-5H,1H3,(H,12,13);1H2. The van der Waals surface area contributed by atoms with Crippen molar-refractivity contribution < 1.29 is 15.4 Å². The number of pyridine rings is 1. The fourth-order valence-corrected chi connectivity index (χ4v) is 1.19. The van der Waals surface area contributed by atoms with Gasteiger partial charge in [-0.2, -0.15) is 0 Å². The van der Waals surface area contributed by atoms with Crippen LogP contribution in [0.2, 0.25) is 0 Å². The van der Waals surface area contributed by atoms with Crippen LogP contribution in [-0.2, 0) is 0 Å². The Morgan fingerprint density at radius 1 is 1.57 bits per heavy atom. The zero-order valence-electron chi connectivity index (χ0n) is 7.56. The minimum atomic E-state index is -0.999. The van der Waals surface area contributed by atoms with Gasteiger partial charge >= 0.3 is 5.97 Å². The molecule has 2 rings (SSSR count). The molecule has 0 fully saturated rings. The third kappa shape index (κ3) is 1.57. The molecule has 2 heterocycles. The van der Waals surface area contributed by atoms with Crippen molar-refractivity contribution in [3.8, 4) is 0 Å². The Bertz CT molecular complexity index is 476. The fourth-order valence-electron chi connectivity index (χ4n) is 1.19. The highest BCUT2D eigenvalue weighted by atomic mass is 16.4. The largest absolute Gasteiger partial charge is 0.476 e. The predicted molar refractivity (Wildman–Crippen MR) is 50.5 cm³/mol. The van der Waals surface area contributed by atoms with Crippen LogP contribution >= 0.6 is 0 Å². The molecule has 0 aliphatic carbocycles. The Morgan fingerprint density at radius 3 is 2.93 bits per heavy atom. The number of imidazole rings is 1. The first-order valence-electron chi connectivity index (χ1n) is 3.85. The number of carbonyl (C=O) groups is 1. The monoisotopic (exact) mass is 194 g/mol. The van der Waals surface area contributed by atoms with Crippen molar-refractivity contribution in [2.75, 3.05) is 0 Å². The summed E-state index contributed by atoms with van der Waals surface area (Å²) in [4.78, 5) is 14.5. The lowest BCUT2D eigenvalue weighted by atomic mass is 10.3. The van der Waals surface area contributed by atoms with Crippen molar-refractivity contribution in [2.45, 2.75) is 6.92 Å². The summed E-state index contributed by atoms with van der Waals surface area (Å²) in [5.74, 6) is -0.999. The van der Waals surface area contributed by atoms with Gasteiger partial charge in [0, 0.05) is 12.4 Å². The molecule has 0 unspecified atom stereocenters. The van der Waals surface area contributed by atoms with E-state index in [9.17, 15) is 4.79 Å². The van der Waals surface area contributed by atoms with Crippen LogP contribution in [0.25, 0.3) is 5.65 Å². The summed E-state index contributed by atoms with van der Waals surface area (Å²) in [5.41, 5.74) is 1.80. The molecule has 0 bridgehead atoms. The molecule has 0 saturated heterocycles. The maximum absolute atomic E-state index is 10.6. The van der Waals surface area contributed by atoms with Crippen LogP contribution in [-0.4, -0.2) is 25.9 Å². The van der Waals surface area contributed by atoms with Gasteiger partial charge in [-0.1, -0.05) is 0 Å². The SMILES string of the molecule is Cc1ccn2cc(C(=O)O)nc2c1.O. The highest BCUT2D eigenvalue weighted by molar-refractivity contribution is 5.86. The first-order valence-corrected chi connectivity index (χ1v) is 3.85. The van der Waals surface area contributed by atoms with Crippen LogP contribution in [0.4, 0.5) is 0 Å². The summed E-state index contributed by atoms with van der Waals surface area (Å²) in [6.07, 6.45) is 3.29. The van der Waals surface area contributed by atoms with E-state index in [1.165, 1.54) is 6.20 Å². The molecule has 14 heavy (non-hydrogen) atoms. The highest BCUT2D eigenvalue weighted by Gasteiger charge is 2.07. The molecule has 0 radical (unpaired) electrons. The van der Waals surface area contributed by atoms with E-state index in [0.717, 1.165) is 5.56 Å². The molecule has 0 amide bonds. The highest BCUT2D eigenvalue weighted by Crippen LogP contribution is 2.07. The third-order valence-electron chi connectivity index (χ3n) is 1.83. The van der Waals surface area contributed by atoms with Crippen molar-refractivity contribution >= 4 is 11.6 Å². The molecule has 2 aromatic rings. The van der Waals surface area contributed by atoms with Gasteiger partial charge < -0.3 is 15.0 Å². The van der Waals surface area contributed by atoms with E-state index in [4.69, 9.17) is 5.11 Å². The molecule has 3 N–H and O–H groups in total. The van der Waals surface area contributed by atoms with Crippen LogP contribution in [0.1, 0.15) is 16.1 Å². The molecule has 0 spiro atoms. The van der Waals surface area contributed by atoms with E-state index < -0.39 is 5.97 Å². The number of aromatic carboxylic acids is 1. The topological polar surface area (TPSA) is 86.1 Å². The minimum absolute atomic E-state index is 0. The number of carboxylic acid groups (broad SMARTS) is 1. The molecule has 0 aliphatic rings. The first kappa shape index (κ1) is 10.2. The van der Waals surface area contributed by atoms with Crippen molar-refractivity contribution in [1.29, 1.82) is 0 Å². The smallest absolute Gasteiger partial charge is 0.356 e. The molecule has 74 valence electrons. The lowest BCUT2D eigenvalue weighted by Gasteiger charge is -1.92. The van der Waals surface area contributed by atoms with Crippen LogP contribution in [0.15, 0.2) is 24.5 Å². The summed E-state index contributed by atoms with van der Waals surface area (Å²) in [5, 5.41) is 8.68. The van der Waals surface area contributed by atoms with E-state index in [1.807, 2.05) is 19.1 Å². The Morgan fingerprint density at radius 2 is 2.29 bits per heavy atom. The van der Waals surface area contributed by atoms with E-state index in [-0.39, 0.29) is 11.2 Å². The van der Waals surface area contributed by atoms with Gasteiger partial charge in [-0.05, 0) is 24.6 Å². The van der Waals surface area contributed by atoms with Gasteiger partial charge in [-0.25, -0.2) is 9.78 Å². The molecule has 0 saturated carbocycles. The summed E-state index contributed by atoms with van der Waals surface area (Å²) < 4.78 is 1.69. The van der Waals surface area contributed by atoms with E-state index >= 15 is 0 Å². The average molecular weight is 194 g/mol. The lowest BCUT2D eigenvalue weighted by Crippen LogP contribution is -1.94. The zero-order chi connectivity index (χ0) is 9.42. The molecular weight excluding hydrogens is 184 g/mol. The van der Waals surface area contributed by atoms with Gasteiger partial charge in [0.05, 0.1) is 0 Å². The molecule has 5 nitrogen and oxygen atoms in total. The maximum atomic E-state index is 10.6. The van der Waals surface area contributed by atoms with E-state index in [0.29, 0.717) is 5.65 Å². The number of fused-ring (bicyclic) bond motifs is 1. The van der Waals surface area contributed by atoms with Crippen LogP contribution in [0.3, 0.4) is 0 Å². The Kier molecular flexibility index (Phi) is 2.53. The molecular formula is C9H10N2O3. The first-order chi connectivity index (χ1) is 6.16. The normalized spacial score (nSPS) is 9.79. The number of aryl methyl sites for hydroxylation is 1. The minimum Gasteiger partial charge on any atom is -0.476 e. The Hall–Kier alpha value is -1.88. The summed E-state index contributed by atoms with van der Waals surface area (Å²) >= 11 is 0. The van der Waals surface area contributed by atoms with Crippen molar-refractivity contribution in [1.82, 2.24) is 9.38 Å². The summed E-state index contributed by atoms with van der Waals surface area (Å²) in [6.45, 7) is 1.94. The second-order valence-corrected chi connectivity index (χ2v) is 2.90. The summed E-state index contributed by atoms with van der Waals surface area (Å²) in [7, 11) is 0. The lowest BCUT2D eigenvalue weighted by molar-refractivity contribution is 0.0691. The molecule has 2 aromatic heterocycles. The number of hydrogen-bond donors (Lipinski definition) is 1. The second kappa shape index (κ2) is 3.47. The van der Waals surface area contributed by atoms with E-state index in [1.54, 1.807) is 10.6 Å². The number of nitrogens with zero attached hydrogens (tertiary/aromatic N) is 2.